The Morgan fingerprint density at radius 1 is 1.21 bits per heavy atom. The van der Waals surface area contributed by atoms with E-state index in [2.05, 4.69) is 10.3 Å². The number of aromatic nitrogens is 1. The number of nitrogens with zero attached hydrogens (tertiary/aromatic N) is 2. The molecule has 24 heavy (non-hydrogen) atoms. The predicted molar refractivity (Wildman–Crippen MR) is 97.7 cm³/mol. The summed E-state index contributed by atoms with van der Waals surface area (Å²) in [4.78, 5) is 19.2. The Labute approximate surface area is 145 Å². The molecule has 0 spiro atoms. The molecule has 5 nitrogen and oxygen atoms in total. The Hall–Kier alpha value is -2.21. The van der Waals surface area contributed by atoms with Gasteiger partial charge in [0.25, 0.3) is 0 Å². The highest BCUT2D eigenvalue weighted by atomic mass is 32.2. The van der Waals surface area contributed by atoms with Gasteiger partial charge in [-0.25, -0.2) is 9.78 Å². The standard InChI is InChI=1S/C18H23N3O2S/c1-12-10-13(2)19-17(11-12)20-18(22)21(4)14(3)15-6-8-16(9-7-15)24(5)23/h6-11,14H,1-5H3,(H,19,20,22)/t14-,24-/m0/s1. The van der Waals surface area contributed by atoms with Crippen LogP contribution in [0, 0.1) is 13.8 Å². The minimum absolute atomic E-state index is 0.116. The van der Waals surface area contributed by atoms with Crippen molar-refractivity contribution in [3.05, 3.63) is 53.2 Å². The van der Waals surface area contributed by atoms with Crippen LogP contribution in [0.15, 0.2) is 41.3 Å². The third-order valence-corrected chi connectivity index (χ3v) is 4.86. The van der Waals surface area contributed by atoms with Crippen LogP contribution in [0.1, 0.15) is 29.8 Å². The average Bonchev–Trinajstić information content (AvgIpc) is 2.52. The molecule has 2 aromatic rings. The first-order valence-corrected chi connectivity index (χ1v) is 9.26. The first-order chi connectivity index (χ1) is 11.3. The van der Waals surface area contributed by atoms with Gasteiger partial charge in [-0.05, 0) is 56.2 Å². The van der Waals surface area contributed by atoms with E-state index in [1.54, 1.807) is 18.2 Å². The van der Waals surface area contributed by atoms with Crippen LogP contribution < -0.4 is 5.32 Å². The quantitative estimate of drug-likeness (QED) is 0.920. The van der Waals surface area contributed by atoms with Crippen LogP contribution in [0.4, 0.5) is 10.6 Å². The minimum Gasteiger partial charge on any atom is -0.321 e. The highest BCUT2D eigenvalue weighted by molar-refractivity contribution is 7.84. The van der Waals surface area contributed by atoms with Gasteiger partial charge in [-0.3, -0.25) is 9.53 Å². The van der Waals surface area contributed by atoms with Gasteiger partial charge in [0, 0.05) is 34.7 Å². The van der Waals surface area contributed by atoms with E-state index >= 15 is 0 Å². The molecule has 6 heteroatoms. The number of nitrogens with one attached hydrogen (secondary N) is 1. The fraction of sp³-hybridized carbons (Fsp3) is 0.333. The second-order valence-electron chi connectivity index (χ2n) is 5.91. The van der Waals surface area contributed by atoms with Crippen LogP contribution in [-0.2, 0) is 10.8 Å². The third-order valence-electron chi connectivity index (χ3n) is 3.93. The number of urea groups is 1. The number of aryl methyl sites for hydroxylation is 2. The second kappa shape index (κ2) is 7.57. The topological polar surface area (TPSA) is 62.3 Å². The van der Waals surface area contributed by atoms with Crippen molar-refractivity contribution in [3.63, 3.8) is 0 Å². The molecular weight excluding hydrogens is 322 g/mol. The summed E-state index contributed by atoms with van der Waals surface area (Å²) in [6.45, 7) is 5.82. The number of carbonyl (C=O) groups excluding carboxylic acids is 1. The van der Waals surface area contributed by atoms with Gasteiger partial charge in [-0.1, -0.05) is 12.1 Å². The van der Waals surface area contributed by atoms with Crippen LogP contribution >= 0.6 is 0 Å². The Bertz CT molecular complexity index is 739. The van der Waals surface area contributed by atoms with Crippen LogP contribution in [0.25, 0.3) is 0 Å². The fourth-order valence-corrected chi connectivity index (χ4v) is 2.96. The van der Waals surface area contributed by atoms with E-state index < -0.39 is 10.8 Å². The summed E-state index contributed by atoms with van der Waals surface area (Å²) in [5.41, 5.74) is 2.90. The molecule has 0 radical (unpaired) electrons. The first kappa shape index (κ1) is 18.1. The summed E-state index contributed by atoms with van der Waals surface area (Å²) in [6.07, 6.45) is 1.65. The lowest BCUT2D eigenvalue weighted by molar-refractivity contribution is 0.208. The molecule has 1 aromatic heterocycles. The van der Waals surface area contributed by atoms with Crippen molar-refractivity contribution in [2.75, 3.05) is 18.6 Å². The van der Waals surface area contributed by atoms with E-state index in [0.29, 0.717) is 5.82 Å². The van der Waals surface area contributed by atoms with E-state index in [9.17, 15) is 9.00 Å². The lowest BCUT2D eigenvalue weighted by Crippen LogP contribution is -2.33. The van der Waals surface area contributed by atoms with Crippen LogP contribution in [0.5, 0.6) is 0 Å². The number of hydrogen-bond donors (Lipinski definition) is 1. The molecule has 2 rings (SSSR count). The van der Waals surface area contributed by atoms with Gasteiger partial charge in [0.1, 0.15) is 5.82 Å². The molecule has 0 saturated heterocycles. The number of rotatable bonds is 4. The summed E-state index contributed by atoms with van der Waals surface area (Å²) in [5, 5.41) is 2.83. The zero-order chi connectivity index (χ0) is 17.9. The minimum atomic E-state index is -1.00. The van der Waals surface area contributed by atoms with Crippen molar-refractivity contribution in [1.82, 2.24) is 9.88 Å². The molecule has 2 amide bonds. The number of benzene rings is 1. The maximum atomic E-state index is 12.5. The number of amides is 2. The van der Waals surface area contributed by atoms with Crippen molar-refractivity contribution in [2.24, 2.45) is 0 Å². The highest BCUT2D eigenvalue weighted by Crippen LogP contribution is 2.21. The summed E-state index contributed by atoms with van der Waals surface area (Å²) in [6, 6.07) is 10.9. The largest absolute Gasteiger partial charge is 0.323 e. The molecule has 0 aliphatic heterocycles. The van der Waals surface area contributed by atoms with Crippen molar-refractivity contribution >= 4 is 22.6 Å². The van der Waals surface area contributed by atoms with E-state index in [4.69, 9.17) is 0 Å². The Morgan fingerprint density at radius 2 is 1.83 bits per heavy atom. The normalized spacial score (nSPS) is 13.2. The van der Waals surface area contributed by atoms with Gasteiger partial charge in [0.2, 0.25) is 0 Å². The van der Waals surface area contributed by atoms with Gasteiger partial charge in [0.05, 0.1) is 6.04 Å². The zero-order valence-corrected chi connectivity index (χ0v) is 15.5. The van der Waals surface area contributed by atoms with E-state index in [1.807, 2.05) is 57.2 Å². The maximum absolute atomic E-state index is 12.5. The van der Waals surface area contributed by atoms with Gasteiger partial charge in [-0.2, -0.15) is 0 Å². The second-order valence-corrected chi connectivity index (χ2v) is 7.29. The third kappa shape index (κ3) is 4.41. The molecule has 0 saturated carbocycles. The molecule has 1 N–H and O–H groups in total. The van der Waals surface area contributed by atoms with Crippen molar-refractivity contribution < 1.29 is 9.00 Å². The summed E-state index contributed by atoms with van der Waals surface area (Å²) >= 11 is 0. The molecule has 0 aliphatic rings. The molecular formula is C18H23N3O2S. The number of hydrogen-bond acceptors (Lipinski definition) is 3. The Balaban J connectivity index is 2.10. The van der Waals surface area contributed by atoms with Crippen LogP contribution in [0.3, 0.4) is 0 Å². The molecule has 0 aliphatic carbocycles. The Kier molecular flexibility index (Phi) is 5.72. The first-order valence-electron chi connectivity index (χ1n) is 7.70. The molecule has 128 valence electrons. The van der Waals surface area contributed by atoms with Crippen LogP contribution in [0.2, 0.25) is 0 Å². The van der Waals surface area contributed by atoms with Gasteiger partial charge in [-0.15, -0.1) is 0 Å². The summed E-state index contributed by atoms with van der Waals surface area (Å²) < 4.78 is 11.5. The SMILES string of the molecule is Cc1cc(C)nc(NC(=O)N(C)[C@@H](C)c2ccc([S@](C)=O)cc2)c1. The van der Waals surface area contributed by atoms with Crippen molar-refractivity contribution in [2.45, 2.75) is 31.7 Å². The maximum Gasteiger partial charge on any atom is 0.323 e. The lowest BCUT2D eigenvalue weighted by atomic mass is 10.1. The van der Waals surface area contributed by atoms with Gasteiger partial charge in [0.15, 0.2) is 0 Å². The number of pyridine rings is 1. The molecule has 2 atom stereocenters. The molecule has 0 unspecified atom stereocenters. The van der Waals surface area contributed by atoms with E-state index in [-0.39, 0.29) is 12.1 Å². The van der Waals surface area contributed by atoms with E-state index in [1.165, 1.54) is 0 Å². The van der Waals surface area contributed by atoms with Crippen LogP contribution in [-0.4, -0.2) is 33.4 Å². The average molecular weight is 345 g/mol. The van der Waals surface area contributed by atoms with Crippen molar-refractivity contribution in [1.29, 1.82) is 0 Å². The highest BCUT2D eigenvalue weighted by Gasteiger charge is 2.18. The molecule has 1 heterocycles. The Morgan fingerprint density at radius 3 is 2.38 bits per heavy atom. The lowest BCUT2D eigenvalue weighted by Gasteiger charge is -2.25. The molecule has 0 fully saturated rings. The smallest absolute Gasteiger partial charge is 0.321 e. The fourth-order valence-electron chi connectivity index (χ4n) is 2.44. The van der Waals surface area contributed by atoms with E-state index in [0.717, 1.165) is 21.7 Å². The van der Waals surface area contributed by atoms with Gasteiger partial charge < -0.3 is 4.90 Å². The van der Waals surface area contributed by atoms with Gasteiger partial charge >= 0.3 is 6.03 Å². The zero-order valence-electron chi connectivity index (χ0n) is 14.7. The van der Waals surface area contributed by atoms with Crippen molar-refractivity contribution in [3.8, 4) is 0 Å². The monoisotopic (exact) mass is 345 g/mol. The predicted octanol–water partition coefficient (Wildman–Crippen LogP) is 3.66. The summed E-state index contributed by atoms with van der Waals surface area (Å²) in [7, 11) is 0.742. The number of anilines is 1. The number of carbonyl (C=O) groups is 1. The molecule has 1 aromatic carbocycles. The summed E-state index contributed by atoms with van der Waals surface area (Å²) in [5.74, 6) is 0.549. The molecule has 0 bridgehead atoms.